The van der Waals surface area contributed by atoms with Gasteiger partial charge >= 0.3 is 0 Å². The van der Waals surface area contributed by atoms with E-state index in [0.29, 0.717) is 25.4 Å². The van der Waals surface area contributed by atoms with Crippen LogP contribution in [0.1, 0.15) is 26.3 Å². The lowest BCUT2D eigenvalue weighted by atomic mass is 10.1. The molecule has 0 heterocycles. The van der Waals surface area contributed by atoms with Crippen LogP contribution in [-0.2, 0) is 6.54 Å². The van der Waals surface area contributed by atoms with Crippen LogP contribution in [0.2, 0.25) is 0 Å². The Bertz CT molecular complexity index is 361. The summed E-state index contributed by atoms with van der Waals surface area (Å²) in [6.07, 6.45) is 0. The highest BCUT2D eigenvalue weighted by atomic mass is 19.1. The van der Waals surface area contributed by atoms with Crippen LogP contribution in [0.5, 0.6) is 5.75 Å². The summed E-state index contributed by atoms with van der Waals surface area (Å²) in [5, 5.41) is 3.19. The first-order valence-corrected chi connectivity index (χ1v) is 5.83. The molecule has 3 nitrogen and oxygen atoms in total. The predicted molar refractivity (Wildman–Crippen MR) is 67.5 cm³/mol. The maximum atomic E-state index is 13.5. The summed E-state index contributed by atoms with van der Waals surface area (Å²) in [6, 6.07) is 5.00. The Balaban J connectivity index is 2.53. The second kappa shape index (κ2) is 5.98. The molecule has 0 spiro atoms. The fraction of sp³-hybridized carbons (Fsp3) is 0.538. The topological polar surface area (TPSA) is 47.3 Å². The first-order valence-electron chi connectivity index (χ1n) is 5.83. The van der Waals surface area contributed by atoms with Gasteiger partial charge in [-0.25, -0.2) is 4.39 Å². The van der Waals surface area contributed by atoms with Crippen LogP contribution in [0.25, 0.3) is 0 Å². The zero-order valence-corrected chi connectivity index (χ0v) is 10.7. The van der Waals surface area contributed by atoms with Gasteiger partial charge in [0.15, 0.2) is 11.6 Å². The standard InChI is InChI=1S/C13H21FN2O/c1-4-17-12-6-5-10(7-11(12)14)8-16-9-13(2,3)15/h5-7,16H,4,8-9,15H2,1-3H3. The van der Waals surface area contributed by atoms with Crippen LogP contribution < -0.4 is 15.8 Å². The minimum Gasteiger partial charge on any atom is -0.491 e. The third-order valence-electron chi connectivity index (χ3n) is 2.21. The minimum absolute atomic E-state index is 0.260. The number of rotatable bonds is 6. The summed E-state index contributed by atoms with van der Waals surface area (Å²) in [5.74, 6) is -0.0198. The zero-order chi connectivity index (χ0) is 12.9. The zero-order valence-electron chi connectivity index (χ0n) is 10.7. The molecule has 0 bridgehead atoms. The van der Waals surface area contributed by atoms with Crippen molar-refractivity contribution in [3.05, 3.63) is 29.6 Å². The van der Waals surface area contributed by atoms with Gasteiger partial charge in [0.2, 0.25) is 0 Å². The van der Waals surface area contributed by atoms with E-state index in [-0.39, 0.29) is 11.4 Å². The van der Waals surface area contributed by atoms with Gasteiger partial charge in [0.25, 0.3) is 0 Å². The van der Waals surface area contributed by atoms with E-state index in [0.717, 1.165) is 5.56 Å². The molecule has 0 unspecified atom stereocenters. The van der Waals surface area contributed by atoms with Crippen molar-refractivity contribution in [2.45, 2.75) is 32.9 Å². The summed E-state index contributed by atoms with van der Waals surface area (Å²) < 4.78 is 18.7. The van der Waals surface area contributed by atoms with Crippen LogP contribution in [0.4, 0.5) is 4.39 Å². The minimum atomic E-state index is -0.321. The van der Waals surface area contributed by atoms with Crippen LogP contribution in [0, 0.1) is 5.82 Å². The van der Waals surface area contributed by atoms with Crippen molar-refractivity contribution >= 4 is 0 Å². The lowest BCUT2D eigenvalue weighted by Gasteiger charge is -2.19. The second-order valence-electron chi connectivity index (χ2n) is 4.79. The largest absolute Gasteiger partial charge is 0.491 e. The van der Waals surface area contributed by atoms with E-state index in [4.69, 9.17) is 10.5 Å². The Morgan fingerprint density at radius 1 is 1.41 bits per heavy atom. The molecule has 1 rings (SSSR count). The van der Waals surface area contributed by atoms with Gasteiger partial charge < -0.3 is 15.8 Å². The number of halogens is 1. The molecule has 0 aliphatic rings. The highest BCUT2D eigenvalue weighted by molar-refractivity contribution is 5.29. The van der Waals surface area contributed by atoms with Crippen LogP contribution in [0.3, 0.4) is 0 Å². The molecule has 0 amide bonds. The first kappa shape index (κ1) is 13.9. The highest BCUT2D eigenvalue weighted by Gasteiger charge is 2.09. The lowest BCUT2D eigenvalue weighted by molar-refractivity contribution is 0.321. The van der Waals surface area contributed by atoms with Crippen molar-refractivity contribution in [3.63, 3.8) is 0 Å². The predicted octanol–water partition coefficient (Wildman–Crippen LogP) is 2.05. The van der Waals surface area contributed by atoms with E-state index in [1.165, 1.54) is 6.07 Å². The molecular formula is C13H21FN2O. The van der Waals surface area contributed by atoms with Crippen LogP contribution in [0.15, 0.2) is 18.2 Å². The average molecular weight is 240 g/mol. The Morgan fingerprint density at radius 3 is 2.65 bits per heavy atom. The summed E-state index contributed by atoms with van der Waals surface area (Å²) >= 11 is 0. The van der Waals surface area contributed by atoms with E-state index in [1.54, 1.807) is 6.07 Å². The molecule has 0 atom stereocenters. The number of ether oxygens (including phenoxy) is 1. The number of hydrogen-bond acceptors (Lipinski definition) is 3. The van der Waals surface area contributed by atoms with Gasteiger partial charge in [-0.05, 0) is 38.5 Å². The SMILES string of the molecule is CCOc1ccc(CNCC(C)(C)N)cc1F. The van der Waals surface area contributed by atoms with Crippen molar-refractivity contribution in [1.29, 1.82) is 0 Å². The van der Waals surface area contributed by atoms with Crippen molar-refractivity contribution in [3.8, 4) is 5.75 Å². The highest BCUT2D eigenvalue weighted by Crippen LogP contribution is 2.18. The third-order valence-corrected chi connectivity index (χ3v) is 2.21. The van der Waals surface area contributed by atoms with E-state index in [9.17, 15) is 4.39 Å². The fourth-order valence-corrected chi connectivity index (χ4v) is 1.46. The van der Waals surface area contributed by atoms with Crippen molar-refractivity contribution < 1.29 is 9.13 Å². The smallest absolute Gasteiger partial charge is 0.165 e. The van der Waals surface area contributed by atoms with Gasteiger partial charge in [-0.2, -0.15) is 0 Å². The second-order valence-corrected chi connectivity index (χ2v) is 4.79. The maximum absolute atomic E-state index is 13.5. The molecular weight excluding hydrogens is 219 g/mol. The Labute approximate surface area is 102 Å². The normalized spacial score (nSPS) is 11.6. The number of benzene rings is 1. The quantitative estimate of drug-likeness (QED) is 0.800. The molecule has 0 aromatic heterocycles. The Morgan fingerprint density at radius 2 is 2.12 bits per heavy atom. The molecule has 1 aromatic rings. The van der Waals surface area contributed by atoms with Gasteiger partial charge in [0.05, 0.1) is 6.61 Å². The average Bonchev–Trinajstić information content (AvgIpc) is 2.20. The van der Waals surface area contributed by atoms with Crippen LogP contribution in [-0.4, -0.2) is 18.7 Å². The first-order chi connectivity index (χ1) is 7.92. The molecule has 0 radical (unpaired) electrons. The van der Waals surface area contributed by atoms with Gasteiger partial charge in [0.1, 0.15) is 0 Å². The number of nitrogens with one attached hydrogen (secondary N) is 1. The number of nitrogens with two attached hydrogens (primary N) is 1. The molecule has 0 saturated carbocycles. The number of hydrogen-bond donors (Lipinski definition) is 2. The molecule has 0 aliphatic carbocycles. The molecule has 0 fully saturated rings. The molecule has 17 heavy (non-hydrogen) atoms. The van der Waals surface area contributed by atoms with Crippen LogP contribution >= 0.6 is 0 Å². The Kier molecular flexibility index (Phi) is 4.90. The van der Waals surface area contributed by atoms with Crippen molar-refractivity contribution in [1.82, 2.24) is 5.32 Å². The molecule has 0 saturated heterocycles. The van der Waals surface area contributed by atoms with Gasteiger partial charge in [-0.15, -0.1) is 0 Å². The summed E-state index contributed by atoms with van der Waals surface area (Å²) in [7, 11) is 0. The fourth-order valence-electron chi connectivity index (χ4n) is 1.46. The van der Waals surface area contributed by atoms with Crippen molar-refractivity contribution in [2.75, 3.05) is 13.2 Å². The van der Waals surface area contributed by atoms with Gasteiger partial charge in [-0.3, -0.25) is 0 Å². The van der Waals surface area contributed by atoms with E-state index < -0.39 is 0 Å². The molecule has 96 valence electrons. The van der Waals surface area contributed by atoms with E-state index in [1.807, 2.05) is 26.8 Å². The van der Waals surface area contributed by atoms with E-state index in [2.05, 4.69) is 5.32 Å². The summed E-state index contributed by atoms with van der Waals surface area (Å²) in [4.78, 5) is 0. The molecule has 1 aromatic carbocycles. The monoisotopic (exact) mass is 240 g/mol. The third kappa shape index (κ3) is 5.15. The summed E-state index contributed by atoms with van der Waals surface area (Å²) in [5.41, 5.74) is 6.46. The lowest BCUT2D eigenvalue weighted by Crippen LogP contribution is -2.42. The molecule has 3 N–H and O–H groups in total. The van der Waals surface area contributed by atoms with E-state index >= 15 is 0 Å². The molecule has 4 heteroatoms. The van der Waals surface area contributed by atoms with Gasteiger partial charge in [0, 0.05) is 18.6 Å². The molecule has 0 aliphatic heterocycles. The van der Waals surface area contributed by atoms with Crippen molar-refractivity contribution in [2.24, 2.45) is 5.73 Å². The Hall–Kier alpha value is -1.13. The maximum Gasteiger partial charge on any atom is 0.165 e. The summed E-state index contributed by atoms with van der Waals surface area (Å²) in [6.45, 7) is 7.47. The van der Waals surface area contributed by atoms with Gasteiger partial charge in [-0.1, -0.05) is 6.07 Å².